The van der Waals surface area contributed by atoms with Crippen LogP contribution in [0.15, 0.2) is 60.8 Å². The van der Waals surface area contributed by atoms with E-state index in [9.17, 15) is 14.0 Å². The molecule has 1 amide bonds. The van der Waals surface area contributed by atoms with Gasteiger partial charge in [-0.25, -0.2) is 19.2 Å². The summed E-state index contributed by atoms with van der Waals surface area (Å²) in [6, 6.07) is 14.2. The molecule has 8 heteroatoms. The van der Waals surface area contributed by atoms with E-state index in [-0.39, 0.29) is 29.6 Å². The van der Waals surface area contributed by atoms with Crippen molar-refractivity contribution in [2.75, 3.05) is 17.7 Å². The Labute approximate surface area is 160 Å². The number of hydrogen-bond acceptors (Lipinski definition) is 6. The normalized spacial score (nSPS) is 10.2. The van der Waals surface area contributed by atoms with Gasteiger partial charge < -0.3 is 15.4 Å². The maximum absolute atomic E-state index is 13.7. The van der Waals surface area contributed by atoms with Gasteiger partial charge in [0.05, 0.1) is 18.4 Å². The van der Waals surface area contributed by atoms with Gasteiger partial charge in [-0.15, -0.1) is 0 Å². The number of benzene rings is 2. The zero-order valence-electron chi connectivity index (χ0n) is 15.0. The van der Waals surface area contributed by atoms with Gasteiger partial charge in [0.1, 0.15) is 11.5 Å². The van der Waals surface area contributed by atoms with Gasteiger partial charge in [0.15, 0.2) is 0 Å². The molecule has 0 saturated carbocycles. The zero-order valence-corrected chi connectivity index (χ0v) is 15.0. The van der Waals surface area contributed by atoms with Gasteiger partial charge in [0.2, 0.25) is 5.95 Å². The van der Waals surface area contributed by atoms with Crippen molar-refractivity contribution in [2.24, 2.45) is 0 Å². The molecule has 0 fully saturated rings. The number of para-hydroxylation sites is 1. The van der Waals surface area contributed by atoms with E-state index < -0.39 is 11.9 Å². The average Bonchev–Trinajstić information content (AvgIpc) is 2.73. The number of halogens is 1. The first kappa shape index (κ1) is 19.0. The summed E-state index contributed by atoms with van der Waals surface area (Å²) in [5.74, 6) is -1.25. The Morgan fingerprint density at radius 1 is 1.07 bits per heavy atom. The molecule has 0 radical (unpaired) electrons. The molecule has 0 aliphatic carbocycles. The molecule has 142 valence electrons. The first-order valence-corrected chi connectivity index (χ1v) is 8.37. The third-order valence-electron chi connectivity index (χ3n) is 3.86. The van der Waals surface area contributed by atoms with Crippen LogP contribution in [-0.2, 0) is 11.3 Å². The number of rotatable bonds is 6. The number of esters is 1. The molecular weight excluding hydrogens is 363 g/mol. The summed E-state index contributed by atoms with van der Waals surface area (Å²) >= 11 is 0. The first-order valence-electron chi connectivity index (χ1n) is 8.37. The lowest BCUT2D eigenvalue weighted by atomic mass is 10.1. The zero-order chi connectivity index (χ0) is 19.9. The minimum absolute atomic E-state index is 0.0886. The number of aromatic nitrogens is 2. The molecule has 3 rings (SSSR count). The van der Waals surface area contributed by atoms with Crippen molar-refractivity contribution < 1.29 is 18.7 Å². The van der Waals surface area contributed by atoms with E-state index >= 15 is 0 Å². The van der Waals surface area contributed by atoms with Crippen LogP contribution in [0.2, 0.25) is 0 Å². The van der Waals surface area contributed by atoms with Crippen LogP contribution in [0.5, 0.6) is 0 Å². The first-order chi connectivity index (χ1) is 13.6. The molecule has 0 atom stereocenters. The fourth-order valence-electron chi connectivity index (χ4n) is 2.45. The van der Waals surface area contributed by atoms with Crippen molar-refractivity contribution in [3.63, 3.8) is 0 Å². The monoisotopic (exact) mass is 380 g/mol. The average molecular weight is 380 g/mol. The number of carbonyl (C=O) groups excluding carboxylic acids is 2. The predicted molar refractivity (Wildman–Crippen MR) is 101 cm³/mol. The fourth-order valence-corrected chi connectivity index (χ4v) is 2.45. The third-order valence-corrected chi connectivity index (χ3v) is 3.86. The summed E-state index contributed by atoms with van der Waals surface area (Å²) in [7, 11) is 1.26. The van der Waals surface area contributed by atoms with Crippen molar-refractivity contribution in [1.29, 1.82) is 0 Å². The second-order valence-electron chi connectivity index (χ2n) is 5.70. The van der Waals surface area contributed by atoms with Crippen molar-refractivity contribution in [3.05, 3.63) is 83.4 Å². The van der Waals surface area contributed by atoms with E-state index in [4.69, 9.17) is 4.74 Å². The lowest BCUT2D eigenvalue weighted by molar-refractivity contribution is 0.0602. The van der Waals surface area contributed by atoms with Gasteiger partial charge in [-0.3, -0.25) is 4.79 Å². The van der Waals surface area contributed by atoms with E-state index in [1.165, 1.54) is 25.4 Å². The number of anilines is 2. The Balaban J connectivity index is 1.73. The highest BCUT2D eigenvalue weighted by molar-refractivity contribution is 6.07. The van der Waals surface area contributed by atoms with Crippen molar-refractivity contribution in [1.82, 2.24) is 9.97 Å². The lowest BCUT2D eigenvalue weighted by Gasteiger charge is -2.10. The third kappa shape index (κ3) is 4.47. The van der Waals surface area contributed by atoms with Crippen LogP contribution < -0.4 is 10.6 Å². The van der Waals surface area contributed by atoms with E-state index in [1.54, 1.807) is 42.5 Å². The molecule has 7 nitrogen and oxygen atoms in total. The van der Waals surface area contributed by atoms with Crippen LogP contribution in [0.25, 0.3) is 0 Å². The summed E-state index contributed by atoms with van der Waals surface area (Å²) < 4.78 is 18.4. The van der Waals surface area contributed by atoms with Gasteiger partial charge in [-0.2, -0.15) is 0 Å². The van der Waals surface area contributed by atoms with E-state index in [2.05, 4.69) is 20.6 Å². The SMILES string of the molecule is COC(=O)c1ccccc1NC(=O)c1ccnc(NCc2ccccc2F)n1. The molecule has 2 N–H and O–H groups in total. The number of carbonyl (C=O) groups is 2. The maximum atomic E-state index is 13.7. The van der Waals surface area contributed by atoms with Crippen LogP contribution in [0, 0.1) is 5.82 Å². The molecule has 1 heterocycles. The summed E-state index contributed by atoms with van der Waals surface area (Å²) in [6.07, 6.45) is 1.41. The molecule has 3 aromatic rings. The molecule has 2 aromatic carbocycles. The van der Waals surface area contributed by atoms with Gasteiger partial charge in [0.25, 0.3) is 5.91 Å². The molecule has 0 bridgehead atoms. The van der Waals surface area contributed by atoms with Crippen LogP contribution in [0.4, 0.5) is 16.0 Å². The van der Waals surface area contributed by atoms with Gasteiger partial charge in [-0.1, -0.05) is 30.3 Å². The van der Waals surface area contributed by atoms with Gasteiger partial charge in [-0.05, 0) is 24.3 Å². The summed E-state index contributed by atoms with van der Waals surface area (Å²) in [5.41, 5.74) is 1.07. The fraction of sp³-hybridized carbons (Fsp3) is 0.100. The van der Waals surface area contributed by atoms with Crippen LogP contribution in [0.1, 0.15) is 26.4 Å². The Morgan fingerprint density at radius 2 is 1.82 bits per heavy atom. The standard InChI is InChI=1S/C20H17FN4O3/c1-28-19(27)14-7-3-5-9-16(14)24-18(26)17-10-11-22-20(25-17)23-12-13-6-2-4-8-15(13)21/h2-11H,12H2,1H3,(H,24,26)(H,22,23,25). The summed E-state index contributed by atoms with van der Waals surface area (Å²) in [6.45, 7) is 0.170. The smallest absolute Gasteiger partial charge is 0.339 e. The largest absolute Gasteiger partial charge is 0.465 e. The van der Waals surface area contributed by atoms with Crippen molar-refractivity contribution >= 4 is 23.5 Å². The van der Waals surface area contributed by atoms with Crippen molar-refractivity contribution in [3.8, 4) is 0 Å². The lowest BCUT2D eigenvalue weighted by Crippen LogP contribution is -2.17. The maximum Gasteiger partial charge on any atom is 0.339 e. The van der Waals surface area contributed by atoms with Crippen molar-refractivity contribution in [2.45, 2.75) is 6.54 Å². The highest BCUT2D eigenvalue weighted by atomic mass is 19.1. The highest BCUT2D eigenvalue weighted by Crippen LogP contribution is 2.17. The van der Waals surface area contributed by atoms with Gasteiger partial charge >= 0.3 is 5.97 Å². The molecule has 1 aromatic heterocycles. The summed E-state index contributed by atoms with van der Waals surface area (Å²) in [5, 5.41) is 5.52. The Hall–Kier alpha value is -3.81. The number of nitrogens with one attached hydrogen (secondary N) is 2. The Bertz CT molecular complexity index is 1010. The van der Waals surface area contributed by atoms with Crippen LogP contribution >= 0.6 is 0 Å². The molecule has 0 unspecified atom stereocenters. The topological polar surface area (TPSA) is 93.2 Å². The number of ether oxygens (including phenoxy) is 1. The number of hydrogen-bond donors (Lipinski definition) is 2. The predicted octanol–water partition coefficient (Wildman–Crippen LogP) is 3.27. The molecule has 0 aliphatic rings. The van der Waals surface area contributed by atoms with Crippen LogP contribution in [-0.4, -0.2) is 29.0 Å². The van der Waals surface area contributed by atoms with E-state index in [1.807, 2.05) is 0 Å². The second kappa shape index (κ2) is 8.72. The second-order valence-corrected chi connectivity index (χ2v) is 5.70. The molecule has 0 spiro atoms. The highest BCUT2D eigenvalue weighted by Gasteiger charge is 2.15. The summed E-state index contributed by atoms with van der Waals surface area (Å²) in [4.78, 5) is 32.5. The van der Waals surface area contributed by atoms with E-state index in [0.29, 0.717) is 11.3 Å². The molecule has 0 aliphatic heterocycles. The van der Waals surface area contributed by atoms with Gasteiger partial charge in [0, 0.05) is 18.3 Å². The number of nitrogens with zero attached hydrogens (tertiary/aromatic N) is 2. The minimum atomic E-state index is -0.564. The molecular formula is C20H17FN4O3. The number of amides is 1. The quantitative estimate of drug-likeness (QED) is 0.638. The molecule has 28 heavy (non-hydrogen) atoms. The molecule has 0 saturated heterocycles. The van der Waals surface area contributed by atoms with Crippen LogP contribution in [0.3, 0.4) is 0 Å². The number of methoxy groups -OCH3 is 1. The Morgan fingerprint density at radius 3 is 2.61 bits per heavy atom. The minimum Gasteiger partial charge on any atom is -0.465 e. The van der Waals surface area contributed by atoms with E-state index in [0.717, 1.165) is 0 Å². The Kier molecular flexibility index (Phi) is 5.91.